The molecule has 36 heavy (non-hydrogen) atoms. The molecule has 182 valence electrons. The minimum atomic E-state index is -1.96. The van der Waals surface area contributed by atoms with Crippen molar-refractivity contribution in [1.29, 1.82) is 0 Å². The fourth-order valence-corrected chi connectivity index (χ4v) is 4.66. The van der Waals surface area contributed by atoms with Crippen molar-refractivity contribution in [3.05, 3.63) is 108 Å². The maximum atomic E-state index is 13.6. The van der Waals surface area contributed by atoms with Gasteiger partial charge in [0.05, 0.1) is 32.9 Å². The van der Waals surface area contributed by atoms with Crippen LogP contribution in [0.1, 0.15) is 27.9 Å². The number of ketones is 1. The van der Waals surface area contributed by atoms with Gasteiger partial charge in [-0.2, -0.15) is 0 Å². The molecule has 2 heterocycles. The molecule has 1 aliphatic heterocycles. The molecule has 1 aliphatic rings. The number of hydrogen-bond donors (Lipinski definition) is 1. The van der Waals surface area contributed by atoms with Crippen LogP contribution in [0.2, 0.25) is 0 Å². The van der Waals surface area contributed by atoms with E-state index in [0.29, 0.717) is 28.3 Å². The highest BCUT2D eigenvalue weighted by molar-refractivity contribution is 6.10. The van der Waals surface area contributed by atoms with Gasteiger partial charge in [0.2, 0.25) is 0 Å². The summed E-state index contributed by atoms with van der Waals surface area (Å²) in [5, 5.41) is 11.6. The fraction of sp³-hybridized carbons (Fsp3) is 0.172. The monoisotopic (exact) mass is 482 g/mol. The number of para-hydroxylation sites is 1. The Labute approximate surface area is 209 Å². The van der Waals surface area contributed by atoms with Crippen molar-refractivity contribution in [2.45, 2.75) is 18.6 Å². The molecule has 0 saturated heterocycles. The second kappa shape index (κ2) is 9.36. The Bertz CT molecular complexity index is 1410. The molecule has 0 spiro atoms. The number of nitrogens with zero attached hydrogens (tertiary/aromatic N) is 2. The molecule has 1 N–H and O–H groups in total. The molecule has 7 nitrogen and oxygen atoms in total. The lowest BCUT2D eigenvalue weighted by Gasteiger charge is -2.23. The number of carbonyl (C=O) groups is 2. The summed E-state index contributed by atoms with van der Waals surface area (Å²) in [5.74, 6) is 0.284. The smallest absolute Gasteiger partial charge is 0.264 e. The van der Waals surface area contributed by atoms with E-state index in [4.69, 9.17) is 9.47 Å². The van der Waals surface area contributed by atoms with Crippen molar-refractivity contribution in [3.8, 4) is 17.2 Å². The molecule has 1 amide bonds. The minimum Gasteiger partial charge on any atom is -0.493 e. The van der Waals surface area contributed by atoms with Crippen molar-refractivity contribution in [3.63, 3.8) is 0 Å². The van der Waals surface area contributed by atoms with Gasteiger partial charge in [0.1, 0.15) is 0 Å². The number of aromatic nitrogens is 1. The molecule has 3 aromatic carbocycles. The van der Waals surface area contributed by atoms with Crippen LogP contribution in [0.15, 0.2) is 91.3 Å². The third-order valence-electron chi connectivity index (χ3n) is 6.54. The van der Waals surface area contributed by atoms with E-state index >= 15 is 0 Å². The highest BCUT2D eigenvalue weighted by Crippen LogP contribution is 2.44. The first-order chi connectivity index (χ1) is 17.4. The molecule has 1 aromatic heterocycles. The first-order valence-electron chi connectivity index (χ1n) is 11.6. The quantitative estimate of drug-likeness (QED) is 0.374. The largest absolute Gasteiger partial charge is 0.493 e. The second-order valence-corrected chi connectivity index (χ2v) is 8.70. The van der Waals surface area contributed by atoms with Crippen LogP contribution in [0.3, 0.4) is 0 Å². The van der Waals surface area contributed by atoms with Crippen molar-refractivity contribution in [1.82, 2.24) is 4.57 Å². The molecule has 0 radical (unpaired) electrons. The molecule has 0 aliphatic carbocycles. The Balaban J connectivity index is 1.41. The van der Waals surface area contributed by atoms with Gasteiger partial charge in [-0.05, 0) is 60.2 Å². The topological polar surface area (TPSA) is 81.0 Å². The summed E-state index contributed by atoms with van der Waals surface area (Å²) in [6, 6.07) is 23.4. The highest BCUT2D eigenvalue weighted by Gasteiger charge is 2.50. The lowest BCUT2D eigenvalue weighted by molar-refractivity contribution is -0.136. The van der Waals surface area contributed by atoms with Gasteiger partial charge in [-0.1, -0.05) is 24.3 Å². The van der Waals surface area contributed by atoms with Gasteiger partial charge in [-0.3, -0.25) is 9.59 Å². The summed E-state index contributed by atoms with van der Waals surface area (Å²) in [4.78, 5) is 28.3. The Hall–Kier alpha value is -4.36. The number of ether oxygens (including phenoxy) is 2. The molecule has 1 atom stereocenters. The van der Waals surface area contributed by atoms with Crippen molar-refractivity contribution < 1.29 is 24.2 Å². The number of methoxy groups -OCH3 is 2. The van der Waals surface area contributed by atoms with Crippen LogP contribution in [0.5, 0.6) is 11.5 Å². The number of fused-ring (bicyclic) bond motifs is 1. The van der Waals surface area contributed by atoms with Gasteiger partial charge in [0.15, 0.2) is 22.9 Å². The lowest BCUT2D eigenvalue weighted by Crippen LogP contribution is -2.41. The molecule has 4 aromatic rings. The average Bonchev–Trinajstić information content (AvgIpc) is 3.52. The number of rotatable bonds is 8. The van der Waals surface area contributed by atoms with Crippen LogP contribution < -0.4 is 14.4 Å². The van der Waals surface area contributed by atoms with Gasteiger partial charge >= 0.3 is 0 Å². The summed E-state index contributed by atoms with van der Waals surface area (Å²) in [7, 11) is 3.11. The lowest BCUT2D eigenvalue weighted by atomic mass is 9.88. The van der Waals surface area contributed by atoms with Gasteiger partial charge < -0.3 is 24.0 Å². The molecular formula is C29H26N2O5. The molecule has 7 heteroatoms. The normalized spacial score (nSPS) is 16.6. The van der Waals surface area contributed by atoms with Crippen LogP contribution in [-0.4, -0.2) is 35.6 Å². The van der Waals surface area contributed by atoms with E-state index in [9.17, 15) is 14.7 Å². The second-order valence-electron chi connectivity index (χ2n) is 8.70. The van der Waals surface area contributed by atoms with Gasteiger partial charge in [-0.15, -0.1) is 0 Å². The van der Waals surface area contributed by atoms with E-state index < -0.39 is 11.5 Å². The number of anilines is 1. The maximum absolute atomic E-state index is 13.6. The van der Waals surface area contributed by atoms with Crippen LogP contribution >= 0.6 is 0 Å². The molecule has 5 rings (SSSR count). The highest BCUT2D eigenvalue weighted by atomic mass is 16.5. The molecule has 0 fully saturated rings. The number of hydrogen-bond acceptors (Lipinski definition) is 5. The van der Waals surface area contributed by atoms with Crippen LogP contribution in [-0.2, 0) is 16.9 Å². The average molecular weight is 483 g/mol. The summed E-state index contributed by atoms with van der Waals surface area (Å²) in [5.41, 5.74) is 1.19. The van der Waals surface area contributed by atoms with Crippen molar-refractivity contribution >= 4 is 17.4 Å². The number of aliphatic hydroxyl groups is 1. The van der Waals surface area contributed by atoms with Crippen LogP contribution in [0.4, 0.5) is 5.69 Å². The zero-order valence-electron chi connectivity index (χ0n) is 20.0. The summed E-state index contributed by atoms with van der Waals surface area (Å²) in [6.45, 7) is 0.207. The van der Waals surface area contributed by atoms with Gasteiger partial charge in [0.25, 0.3) is 5.91 Å². The fourth-order valence-electron chi connectivity index (χ4n) is 4.66. The Morgan fingerprint density at radius 2 is 1.58 bits per heavy atom. The molecule has 0 bridgehead atoms. The van der Waals surface area contributed by atoms with E-state index in [1.165, 1.54) is 4.90 Å². The van der Waals surface area contributed by atoms with E-state index in [-0.39, 0.29) is 18.7 Å². The van der Waals surface area contributed by atoms with E-state index in [2.05, 4.69) is 0 Å². The van der Waals surface area contributed by atoms with E-state index in [0.717, 1.165) is 11.3 Å². The van der Waals surface area contributed by atoms with Crippen LogP contribution in [0, 0.1) is 0 Å². The van der Waals surface area contributed by atoms with Gasteiger partial charge in [0, 0.05) is 29.2 Å². The first kappa shape index (κ1) is 23.4. The zero-order valence-corrected chi connectivity index (χ0v) is 20.0. The Morgan fingerprint density at radius 1 is 0.889 bits per heavy atom. The first-order valence-corrected chi connectivity index (χ1v) is 11.6. The Kier molecular flexibility index (Phi) is 6.08. The number of Topliss-reactive ketones (excluding diaryl/α,β-unsaturated/α-hetero) is 1. The Morgan fingerprint density at radius 3 is 2.28 bits per heavy atom. The third kappa shape index (κ3) is 4.03. The van der Waals surface area contributed by atoms with E-state index in [1.54, 1.807) is 62.8 Å². The number of benzene rings is 3. The van der Waals surface area contributed by atoms with Crippen molar-refractivity contribution in [2.75, 3.05) is 19.1 Å². The zero-order chi connectivity index (χ0) is 25.3. The standard InChI is InChI=1S/C29H26N2O5/c1-35-26-14-9-20(17-27(26)36-2)19-31-24-8-4-3-7-23(24)29(34,28(31)33)18-25(32)21-10-12-22(13-11-21)30-15-5-6-16-30/h3-17,34H,18-19H2,1-2H3/t29-/m0/s1. The molecule has 0 saturated carbocycles. The summed E-state index contributed by atoms with van der Waals surface area (Å²) < 4.78 is 12.6. The number of carbonyl (C=O) groups excluding carboxylic acids is 2. The predicted octanol–water partition coefficient (Wildman–Crippen LogP) is 4.50. The predicted molar refractivity (Wildman–Crippen MR) is 136 cm³/mol. The van der Waals surface area contributed by atoms with E-state index in [1.807, 2.05) is 47.3 Å². The van der Waals surface area contributed by atoms with Crippen molar-refractivity contribution in [2.24, 2.45) is 0 Å². The van der Waals surface area contributed by atoms with Gasteiger partial charge in [-0.25, -0.2) is 0 Å². The summed E-state index contributed by atoms with van der Waals surface area (Å²) >= 11 is 0. The van der Waals surface area contributed by atoms with Crippen LogP contribution in [0.25, 0.3) is 5.69 Å². The maximum Gasteiger partial charge on any atom is 0.264 e. The third-order valence-corrected chi connectivity index (χ3v) is 6.54. The summed E-state index contributed by atoms with van der Waals surface area (Å²) in [6.07, 6.45) is 3.48. The number of amides is 1. The minimum absolute atomic E-state index is 0.207. The SMILES string of the molecule is COc1ccc(CN2C(=O)[C@](O)(CC(=O)c3ccc(-n4cccc4)cc3)c3ccccc32)cc1OC. The molecular weight excluding hydrogens is 456 g/mol. The molecule has 0 unspecified atom stereocenters.